The quantitative estimate of drug-likeness (QED) is 0.0406. The Morgan fingerprint density at radius 3 is 1.58 bits per heavy atom. The van der Waals surface area contributed by atoms with Crippen LogP contribution in [0.4, 0.5) is 0 Å². The van der Waals surface area contributed by atoms with Crippen LogP contribution in [0.5, 0.6) is 0 Å². The molecule has 0 saturated carbocycles. The highest BCUT2D eigenvalue weighted by Gasteiger charge is 2.30. The molecule has 338 valence electrons. The molecule has 0 radical (unpaired) electrons. The van der Waals surface area contributed by atoms with Crippen molar-refractivity contribution in [1.29, 1.82) is 0 Å². The van der Waals surface area contributed by atoms with Gasteiger partial charge in [-0.05, 0) is 40.7 Å². The Bertz CT molecular complexity index is 1910. The van der Waals surface area contributed by atoms with Crippen LogP contribution >= 0.6 is 0 Å². The molecule has 9 N–H and O–H groups in total. The number of rotatable bonds is 31. The summed E-state index contributed by atoms with van der Waals surface area (Å²) in [5.41, 5.74) is 12.5. The van der Waals surface area contributed by atoms with E-state index in [1.54, 1.807) is 6.07 Å². The molecule has 0 aliphatic heterocycles. The lowest BCUT2D eigenvalue weighted by atomic mass is 9.97. The van der Waals surface area contributed by atoms with E-state index >= 15 is 0 Å². The normalized spacial score (nSPS) is 13.5. The molecular weight excluding hydrogens is 789 g/mol. The van der Waals surface area contributed by atoms with E-state index in [2.05, 4.69) is 21.3 Å². The van der Waals surface area contributed by atoms with E-state index in [0.717, 1.165) is 92.5 Å². The standard InChI is InChI=1S/C48H68N6O8/c1-3-33(2)44(47(60)52-38(45(50)58)30-34-21-15-14-16-22-34)54-43(57)26-18-13-11-9-7-5-4-6-8-10-12-17-25-42(56)51-39(32-41(49)55)46(59)53-40(48(61)62)31-35-27-28-36-23-19-20-24-37(36)29-35/h14-16,19-24,27-29,33,38-40,44H,3-13,17-18,25-26,30-32H2,1-2H3,(H2,49,55)(H2,50,58)(H,51,56)(H,52,60)(H,53,59)(H,54,57)(H,61,62)/t33?,38-,39+,40?,44+/m1/s1. The number of amides is 6. The molecule has 62 heavy (non-hydrogen) atoms. The third kappa shape index (κ3) is 19.3. The minimum atomic E-state index is -1.28. The van der Waals surface area contributed by atoms with Gasteiger partial charge < -0.3 is 37.8 Å². The molecule has 3 aromatic carbocycles. The zero-order valence-electron chi connectivity index (χ0n) is 36.5. The van der Waals surface area contributed by atoms with E-state index in [-0.39, 0.29) is 31.1 Å². The first-order chi connectivity index (χ1) is 29.8. The van der Waals surface area contributed by atoms with Crippen LogP contribution in [-0.4, -0.2) is 70.7 Å². The number of carboxylic acids is 1. The maximum absolute atomic E-state index is 13.2. The van der Waals surface area contributed by atoms with Gasteiger partial charge in [-0.3, -0.25) is 28.8 Å². The first kappa shape index (κ1) is 50.6. The van der Waals surface area contributed by atoms with Crippen LogP contribution in [0, 0.1) is 5.92 Å². The molecule has 5 atom stereocenters. The molecular formula is C48H68N6O8. The van der Waals surface area contributed by atoms with Crippen molar-refractivity contribution in [2.24, 2.45) is 17.4 Å². The van der Waals surface area contributed by atoms with Gasteiger partial charge in [-0.1, -0.05) is 157 Å². The minimum Gasteiger partial charge on any atom is -0.480 e. The lowest BCUT2D eigenvalue weighted by Crippen LogP contribution is -2.55. The first-order valence-electron chi connectivity index (χ1n) is 22.3. The van der Waals surface area contributed by atoms with E-state index in [0.29, 0.717) is 19.3 Å². The van der Waals surface area contributed by atoms with E-state index in [4.69, 9.17) is 11.5 Å². The number of hydrogen-bond donors (Lipinski definition) is 7. The smallest absolute Gasteiger partial charge is 0.326 e. The number of nitrogens with two attached hydrogens (primary N) is 2. The molecule has 0 aliphatic rings. The molecule has 6 amide bonds. The average Bonchev–Trinajstić information content (AvgIpc) is 3.24. The maximum Gasteiger partial charge on any atom is 0.326 e. The van der Waals surface area contributed by atoms with E-state index in [1.165, 1.54) is 0 Å². The summed E-state index contributed by atoms with van der Waals surface area (Å²) in [4.78, 5) is 87.6. The fourth-order valence-electron chi connectivity index (χ4n) is 7.37. The van der Waals surface area contributed by atoms with Gasteiger partial charge in [-0.2, -0.15) is 0 Å². The van der Waals surface area contributed by atoms with Crippen molar-refractivity contribution in [1.82, 2.24) is 21.3 Å². The largest absolute Gasteiger partial charge is 0.480 e. The predicted octanol–water partition coefficient (Wildman–Crippen LogP) is 5.52. The second-order valence-corrected chi connectivity index (χ2v) is 16.4. The number of carbonyl (C=O) groups is 7. The summed E-state index contributed by atoms with van der Waals surface area (Å²) in [5, 5.41) is 22.5. The van der Waals surface area contributed by atoms with Gasteiger partial charge in [0, 0.05) is 25.7 Å². The zero-order chi connectivity index (χ0) is 45.3. The van der Waals surface area contributed by atoms with Crippen LogP contribution in [0.3, 0.4) is 0 Å². The molecule has 0 aromatic heterocycles. The van der Waals surface area contributed by atoms with Crippen LogP contribution in [-0.2, 0) is 46.4 Å². The summed E-state index contributed by atoms with van der Waals surface area (Å²) in [6.45, 7) is 3.85. The molecule has 2 unspecified atom stereocenters. The van der Waals surface area contributed by atoms with Crippen molar-refractivity contribution < 1.29 is 38.7 Å². The Labute approximate surface area is 366 Å². The van der Waals surface area contributed by atoms with Gasteiger partial charge in [0.1, 0.15) is 24.2 Å². The fourth-order valence-corrected chi connectivity index (χ4v) is 7.37. The number of nitrogens with one attached hydrogen (secondary N) is 4. The second kappa shape index (κ2) is 27.9. The van der Waals surface area contributed by atoms with Crippen LogP contribution in [0.15, 0.2) is 72.8 Å². The summed E-state index contributed by atoms with van der Waals surface area (Å²) >= 11 is 0. The van der Waals surface area contributed by atoms with Gasteiger partial charge in [0.05, 0.1) is 6.42 Å². The fraction of sp³-hybridized carbons (Fsp3) is 0.521. The third-order valence-corrected chi connectivity index (χ3v) is 11.2. The second-order valence-electron chi connectivity index (χ2n) is 16.4. The van der Waals surface area contributed by atoms with Gasteiger partial charge in [-0.15, -0.1) is 0 Å². The first-order valence-corrected chi connectivity index (χ1v) is 22.3. The number of fused-ring (bicyclic) bond motifs is 1. The van der Waals surface area contributed by atoms with E-state index in [9.17, 15) is 38.7 Å². The van der Waals surface area contributed by atoms with Gasteiger partial charge >= 0.3 is 5.97 Å². The summed E-state index contributed by atoms with van der Waals surface area (Å²) in [6, 6.07) is 18.4. The van der Waals surface area contributed by atoms with Crippen LogP contribution in [0.25, 0.3) is 10.8 Å². The summed E-state index contributed by atoms with van der Waals surface area (Å²) in [6.07, 6.45) is 12.7. The highest BCUT2D eigenvalue weighted by molar-refractivity contribution is 5.94. The molecule has 0 fully saturated rings. The lowest BCUT2D eigenvalue weighted by molar-refractivity contribution is -0.142. The van der Waals surface area contributed by atoms with Crippen LogP contribution in [0.1, 0.15) is 128 Å². The number of benzene rings is 3. The highest BCUT2D eigenvalue weighted by Crippen LogP contribution is 2.18. The van der Waals surface area contributed by atoms with Gasteiger partial charge in [0.15, 0.2) is 0 Å². The maximum atomic E-state index is 13.2. The van der Waals surface area contributed by atoms with E-state index in [1.807, 2.05) is 80.6 Å². The topological polar surface area (TPSA) is 240 Å². The van der Waals surface area contributed by atoms with Crippen molar-refractivity contribution in [2.75, 3.05) is 0 Å². The van der Waals surface area contributed by atoms with Gasteiger partial charge in [0.2, 0.25) is 35.4 Å². The SMILES string of the molecule is CCC(C)[C@H](NC(=O)CCCCCCCCCCCCCCC(=O)N[C@@H](CC(N)=O)C(=O)NC(Cc1ccc2ccccc2c1)C(=O)O)C(=O)N[C@H](Cc1ccccc1)C(N)=O. The van der Waals surface area contributed by atoms with Crippen molar-refractivity contribution in [3.8, 4) is 0 Å². The highest BCUT2D eigenvalue weighted by atomic mass is 16.4. The Hall–Kier alpha value is -5.79. The third-order valence-electron chi connectivity index (χ3n) is 11.2. The number of carboxylic acid groups (broad SMARTS) is 1. The molecule has 3 aromatic rings. The molecule has 0 bridgehead atoms. The molecule has 14 nitrogen and oxygen atoms in total. The van der Waals surface area contributed by atoms with Crippen LogP contribution in [0.2, 0.25) is 0 Å². The molecule has 14 heteroatoms. The van der Waals surface area contributed by atoms with Crippen molar-refractivity contribution in [3.05, 3.63) is 83.9 Å². The number of hydrogen-bond acceptors (Lipinski definition) is 7. The summed E-state index contributed by atoms with van der Waals surface area (Å²) in [5.74, 6) is -4.55. The number of carbonyl (C=O) groups excluding carboxylic acids is 6. The monoisotopic (exact) mass is 857 g/mol. The summed E-state index contributed by atoms with van der Waals surface area (Å²) in [7, 11) is 0. The number of aliphatic carboxylic acids is 1. The lowest BCUT2D eigenvalue weighted by Gasteiger charge is -2.26. The predicted molar refractivity (Wildman–Crippen MR) is 240 cm³/mol. The van der Waals surface area contributed by atoms with Crippen LogP contribution < -0.4 is 32.7 Å². The Kier molecular flexibility index (Phi) is 22.8. The van der Waals surface area contributed by atoms with Crippen molar-refractivity contribution in [2.45, 2.75) is 154 Å². The Morgan fingerprint density at radius 1 is 0.548 bits per heavy atom. The molecule has 0 saturated heterocycles. The number of primary amides is 2. The van der Waals surface area contributed by atoms with Gasteiger partial charge in [-0.25, -0.2) is 4.79 Å². The summed E-state index contributed by atoms with van der Waals surface area (Å²) < 4.78 is 0. The van der Waals surface area contributed by atoms with Gasteiger partial charge in [0.25, 0.3) is 0 Å². The molecule has 0 aliphatic carbocycles. The molecule has 3 rings (SSSR count). The van der Waals surface area contributed by atoms with Crippen molar-refractivity contribution >= 4 is 52.2 Å². The Balaban J connectivity index is 1.24. The molecule has 0 spiro atoms. The Morgan fingerprint density at radius 2 is 1.05 bits per heavy atom. The number of unbranched alkanes of at least 4 members (excludes halogenated alkanes) is 11. The van der Waals surface area contributed by atoms with E-state index < -0.39 is 66.1 Å². The average molecular weight is 857 g/mol. The molecule has 0 heterocycles. The minimum absolute atomic E-state index is 0.0230. The zero-order valence-corrected chi connectivity index (χ0v) is 36.5. The van der Waals surface area contributed by atoms with Crippen molar-refractivity contribution in [3.63, 3.8) is 0 Å².